The lowest BCUT2D eigenvalue weighted by Crippen LogP contribution is -1.93. The van der Waals surface area contributed by atoms with Gasteiger partial charge in [0.2, 0.25) is 0 Å². The van der Waals surface area contributed by atoms with Gasteiger partial charge in [-0.2, -0.15) is 5.10 Å². The average molecular weight is 163 g/mol. The Hall–Kier alpha value is -1.27. The molecule has 1 aromatic heterocycles. The molecule has 0 aliphatic heterocycles. The molecule has 64 valence electrons. The number of rotatable bonds is 1. The maximum Gasteiger partial charge on any atom is 0.0750 e. The zero-order valence-electron chi connectivity index (χ0n) is 7.46. The smallest absolute Gasteiger partial charge is 0.0750 e. The van der Waals surface area contributed by atoms with E-state index < -0.39 is 0 Å². The molecule has 0 spiro atoms. The molecule has 12 heavy (non-hydrogen) atoms. The average Bonchev–Trinajstić information content (AvgIpc) is 2.43. The molecule has 0 bridgehead atoms. The summed E-state index contributed by atoms with van der Waals surface area (Å²) in [4.78, 5) is 0. The summed E-state index contributed by atoms with van der Waals surface area (Å²) in [5, 5.41) is 4.26. The molecule has 1 heterocycles. The summed E-state index contributed by atoms with van der Waals surface area (Å²) in [6, 6.07) is 0. The van der Waals surface area contributed by atoms with Crippen molar-refractivity contribution in [3.63, 3.8) is 0 Å². The van der Waals surface area contributed by atoms with Gasteiger partial charge >= 0.3 is 0 Å². The fourth-order valence-electron chi connectivity index (χ4n) is 0.949. The number of aryl methyl sites for hydroxylation is 2. The fraction of sp³-hybridized carbons (Fsp3) is 0.444. The van der Waals surface area contributed by atoms with Crippen LogP contribution in [0.2, 0.25) is 0 Å². The van der Waals surface area contributed by atoms with Crippen LogP contribution in [-0.2, 0) is 6.54 Å². The normalized spacial score (nSPS) is 9.25. The second kappa shape index (κ2) is 3.93. The highest BCUT2D eigenvalue weighted by atomic mass is 15.3. The van der Waals surface area contributed by atoms with E-state index in [1.165, 1.54) is 0 Å². The predicted octanol–water partition coefficient (Wildman–Crippen LogP) is 0.522. The second-order valence-corrected chi connectivity index (χ2v) is 2.49. The van der Waals surface area contributed by atoms with Crippen LogP contribution < -0.4 is 5.73 Å². The number of hydrogen-bond acceptors (Lipinski definition) is 2. The third-order valence-corrected chi connectivity index (χ3v) is 1.60. The Labute approximate surface area is 72.6 Å². The van der Waals surface area contributed by atoms with Crippen LogP contribution in [-0.4, -0.2) is 16.3 Å². The molecule has 0 amide bonds. The molecule has 0 saturated heterocycles. The SMILES string of the molecule is CCn1cc(C#CCN)c(C)n1. The number of hydrogen-bond donors (Lipinski definition) is 1. The van der Waals surface area contributed by atoms with Gasteiger partial charge < -0.3 is 5.73 Å². The van der Waals surface area contributed by atoms with Crippen LogP contribution in [0, 0.1) is 18.8 Å². The summed E-state index contributed by atoms with van der Waals surface area (Å²) in [5.74, 6) is 5.78. The molecule has 0 aliphatic carbocycles. The van der Waals surface area contributed by atoms with E-state index >= 15 is 0 Å². The number of nitrogens with two attached hydrogens (primary N) is 1. The van der Waals surface area contributed by atoms with Crippen molar-refractivity contribution < 1.29 is 0 Å². The summed E-state index contributed by atoms with van der Waals surface area (Å²) in [5.41, 5.74) is 7.21. The Bertz CT molecular complexity index is 314. The van der Waals surface area contributed by atoms with Crippen LogP contribution in [0.1, 0.15) is 18.2 Å². The molecule has 0 aliphatic rings. The monoisotopic (exact) mass is 163 g/mol. The Morgan fingerprint density at radius 3 is 2.92 bits per heavy atom. The van der Waals surface area contributed by atoms with Gasteiger partial charge in [-0.1, -0.05) is 11.8 Å². The van der Waals surface area contributed by atoms with Gasteiger partial charge in [0, 0.05) is 12.7 Å². The molecule has 1 aromatic rings. The van der Waals surface area contributed by atoms with E-state index in [1.807, 2.05) is 24.7 Å². The Morgan fingerprint density at radius 1 is 1.67 bits per heavy atom. The van der Waals surface area contributed by atoms with Crippen molar-refractivity contribution >= 4 is 0 Å². The standard InChI is InChI=1S/C9H13N3/c1-3-12-7-9(5-4-6-10)8(2)11-12/h7H,3,6,10H2,1-2H3. The lowest BCUT2D eigenvalue weighted by atomic mass is 10.3. The van der Waals surface area contributed by atoms with Gasteiger partial charge in [0.15, 0.2) is 0 Å². The number of nitrogens with zero attached hydrogens (tertiary/aromatic N) is 2. The zero-order valence-corrected chi connectivity index (χ0v) is 7.46. The summed E-state index contributed by atoms with van der Waals surface area (Å²) in [6.07, 6.45) is 1.94. The second-order valence-electron chi connectivity index (χ2n) is 2.49. The van der Waals surface area contributed by atoms with Crippen molar-refractivity contribution in [1.29, 1.82) is 0 Å². The first-order chi connectivity index (χ1) is 5.77. The van der Waals surface area contributed by atoms with Gasteiger partial charge in [0.1, 0.15) is 0 Å². The first-order valence-electron chi connectivity index (χ1n) is 4.01. The quantitative estimate of drug-likeness (QED) is 0.613. The van der Waals surface area contributed by atoms with Gasteiger partial charge in [-0.05, 0) is 13.8 Å². The van der Waals surface area contributed by atoms with Gasteiger partial charge in [-0.25, -0.2) is 0 Å². The summed E-state index contributed by atoms with van der Waals surface area (Å²) in [7, 11) is 0. The van der Waals surface area contributed by atoms with Crippen LogP contribution in [0.3, 0.4) is 0 Å². The lowest BCUT2D eigenvalue weighted by Gasteiger charge is -1.88. The maximum atomic E-state index is 5.26. The van der Waals surface area contributed by atoms with E-state index in [0.29, 0.717) is 6.54 Å². The summed E-state index contributed by atoms with van der Waals surface area (Å²) >= 11 is 0. The Kier molecular flexibility index (Phi) is 2.89. The van der Waals surface area contributed by atoms with Crippen molar-refractivity contribution in [2.24, 2.45) is 5.73 Å². The first-order valence-corrected chi connectivity index (χ1v) is 4.01. The van der Waals surface area contributed by atoms with Crippen molar-refractivity contribution in [2.45, 2.75) is 20.4 Å². The fourth-order valence-corrected chi connectivity index (χ4v) is 0.949. The van der Waals surface area contributed by atoms with Crippen molar-refractivity contribution in [3.8, 4) is 11.8 Å². The van der Waals surface area contributed by atoms with E-state index in [0.717, 1.165) is 17.8 Å². The van der Waals surface area contributed by atoms with E-state index in [2.05, 4.69) is 16.9 Å². The summed E-state index contributed by atoms with van der Waals surface area (Å²) in [6.45, 7) is 5.28. The highest BCUT2D eigenvalue weighted by Crippen LogP contribution is 2.02. The minimum absolute atomic E-state index is 0.400. The third-order valence-electron chi connectivity index (χ3n) is 1.60. The van der Waals surface area contributed by atoms with E-state index in [4.69, 9.17) is 5.73 Å². The lowest BCUT2D eigenvalue weighted by molar-refractivity contribution is 0.653. The molecule has 0 atom stereocenters. The van der Waals surface area contributed by atoms with Crippen LogP contribution in [0.4, 0.5) is 0 Å². The Morgan fingerprint density at radius 2 is 2.42 bits per heavy atom. The van der Waals surface area contributed by atoms with Crippen LogP contribution in [0.5, 0.6) is 0 Å². The van der Waals surface area contributed by atoms with Crippen LogP contribution in [0.25, 0.3) is 0 Å². The van der Waals surface area contributed by atoms with E-state index in [-0.39, 0.29) is 0 Å². The van der Waals surface area contributed by atoms with E-state index in [9.17, 15) is 0 Å². The van der Waals surface area contributed by atoms with Crippen molar-refractivity contribution in [1.82, 2.24) is 9.78 Å². The molecule has 3 heteroatoms. The molecule has 0 saturated carbocycles. The molecule has 3 nitrogen and oxygen atoms in total. The maximum absolute atomic E-state index is 5.26. The molecule has 0 radical (unpaired) electrons. The van der Waals surface area contributed by atoms with Crippen molar-refractivity contribution in [3.05, 3.63) is 17.5 Å². The highest BCUT2D eigenvalue weighted by molar-refractivity contribution is 5.35. The Balaban J connectivity index is 2.92. The van der Waals surface area contributed by atoms with Gasteiger partial charge in [-0.3, -0.25) is 4.68 Å². The predicted molar refractivity (Wildman–Crippen MR) is 48.6 cm³/mol. The molecule has 2 N–H and O–H groups in total. The van der Waals surface area contributed by atoms with Gasteiger partial charge in [0.25, 0.3) is 0 Å². The molecule has 1 rings (SSSR count). The highest BCUT2D eigenvalue weighted by Gasteiger charge is 1.98. The summed E-state index contributed by atoms with van der Waals surface area (Å²) < 4.78 is 1.87. The largest absolute Gasteiger partial charge is 0.320 e. The molecular weight excluding hydrogens is 150 g/mol. The minimum atomic E-state index is 0.400. The molecule has 0 aromatic carbocycles. The number of aromatic nitrogens is 2. The molecule has 0 fully saturated rings. The zero-order chi connectivity index (χ0) is 8.97. The minimum Gasteiger partial charge on any atom is -0.320 e. The van der Waals surface area contributed by atoms with Crippen molar-refractivity contribution in [2.75, 3.05) is 6.54 Å². The van der Waals surface area contributed by atoms with E-state index in [1.54, 1.807) is 0 Å². The van der Waals surface area contributed by atoms with Crippen LogP contribution in [0.15, 0.2) is 6.20 Å². The molecular formula is C9H13N3. The van der Waals surface area contributed by atoms with Gasteiger partial charge in [0.05, 0.1) is 17.8 Å². The van der Waals surface area contributed by atoms with Gasteiger partial charge in [-0.15, -0.1) is 0 Å². The molecule has 0 unspecified atom stereocenters. The topological polar surface area (TPSA) is 43.8 Å². The third kappa shape index (κ3) is 1.86. The van der Waals surface area contributed by atoms with Crippen LogP contribution >= 0.6 is 0 Å². The first kappa shape index (κ1) is 8.82.